The van der Waals surface area contributed by atoms with Gasteiger partial charge in [0.15, 0.2) is 6.10 Å². The second-order valence-corrected chi connectivity index (χ2v) is 5.87. The standard InChI is InChI=1S/C19H19NO4/c1-12(19(22)23)13-6-8-15(9-7-13)20-18(21)17-16-5-3-2-4-14(16)10-11-24-17/h2-9,12,17H,10-11H2,1H3,(H,20,21)(H,22,23). The van der Waals surface area contributed by atoms with E-state index in [0.717, 1.165) is 17.5 Å². The molecule has 124 valence electrons. The molecule has 1 aliphatic rings. The summed E-state index contributed by atoms with van der Waals surface area (Å²) in [6, 6.07) is 14.6. The van der Waals surface area contributed by atoms with Crippen LogP contribution >= 0.6 is 0 Å². The van der Waals surface area contributed by atoms with Crippen LogP contribution in [0.1, 0.15) is 35.6 Å². The molecule has 5 nitrogen and oxygen atoms in total. The van der Waals surface area contributed by atoms with Crippen molar-refractivity contribution in [2.24, 2.45) is 0 Å². The Labute approximate surface area is 140 Å². The smallest absolute Gasteiger partial charge is 0.310 e. The number of carbonyl (C=O) groups excluding carboxylic acids is 1. The van der Waals surface area contributed by atoms with Crippen molar-refractivity contribution in [1.82, 2.24) is 0 Å². The zero-order chi connectivity index (χ0) is 17.1. The Balaban J connectivity index is 1.73. The molecule has 2 atom stereocenters. The number of hydrogen-bond donors (Lipinski definition) is 2. The summed E-state index contributed by atoms with van der Waals surface area (Å²) < 4.78 is 5.64. The van der Waals surface area contributed by atoms with E-state index in [-0.39, 0.29) is 5.91 Å². The normalized spacial score (nSPS) is 17.6. The molecule has 0 aliphatic carbocycles. The topological polar surface area (TPSA) is 75.6 Å². The first-order chi connectivity index (χ1) is 11.6. The van der Waals surface area contributed by atoms with Gasteiger partial charge >= 0.3 is 5.97 Å². The quantitative estimate of drug-likeness (QED) is 0.905. The lowest BCUT2D eigenvalue weighted by Crippen LogP contribution is -2.28. The number of carboxylic acids is 1. The van der Waals surface area contributed by atoms with Gasteiger partial charge in [-0.1, -0.05) is 36.4 Å². The summed E-state index contributed by atoms with van der Waals surface area (Å²) in [5, 5.41) is 11.9. The minimum atomic E-state index is -0.876. The summed E-state index contributed by atoms with van der Waals surface area (Å²) in [5.41, 5.74) is 3.35. The number of amides is 1. The first-order valence-corrected chi connectivity index (χ1v) is 7.89. The van der Waals surface area contributed by atoms with Crippen LogP contribution in [0.5, 0.6) is 0 Å². The van der Waals surface area contributed by atoms with Crippen molar-refractivity contribution in [3.05, 3.63) is 65.2 Å². The lowest BCUT2D eigenvalue weighted by molar-refractivity contribution is -0.138. The average molecular weight is 325 g/mol. The second kappa shape index (κ2) is 6.84. The van der Waals surface area contributed by atoms with E-state index >= 15 is 0 Å². The van der Waals surface area contributed by atoms with Crippen LogP contribution in [0.2, 0.25) is 0 Å². The molecule has 1 aliphatic heterocycles. The zero-order valence-electron chi connectivity index (χ0n) is 13.4. The number of aliphatic carboxylic acids is 1. The lowest BCUT2D eigenvalue weighted by atomic mass is 9.97. The number of hydrogen-bond acceptors (Lipinski definition) is 3. The number of ether oxygens (including phenoxy) is 1. The van der Waals surface area contributed by atoms with Gasteiger partial charge in [0, 0.05) is 5.69 Å². The number of rotatable bonds is 4. The predicted octanol–water partition coefficient (Wildman–Crippen LogP) is 3.13. The van der Waals surface area contributed by atoms with Crippen LogP contribution in [-0.2, 0) is 20.7 Å². The second-order valence-electron chi connectivity index (χ2n) is 5.87. The van der Waals surface area contributed by atoms with E-state index in [1.807, 2.05) is 24.3 Å². The Kier molecular flexibility index (Phi) is 4.62. The van der Waals surface area contributed by atoms with Crippen LogP contribution in [-0.4, -0.2) is 23.6 Å². The third-order valence-electron chi connectivity index (χ3n) is 4.28. The first-order valence-electron chi connectivity index (χ1n) is 7.89. The first kappa shape index (κ1) is 16.2. The Bertz CT molecular complexity index is 754. The van der Waals surface area contributed by atoms with Crippen molar-refractivity contribution in [2.75, 3.05) is 11.9 Å². The lowest BCUT2D eigenvalue weighted by Gasteiger charge is -2.25. The molecule has 2 aromatic carbocycles. The van der Waals surface area contributed by atoms with Crippen LogP contribution in [0, 0.1) is 0 Å². The molecule has 2 aromatic rings. The fraction of sp³-hybridized carbons (Fsp3) is 0.263. The number of nitrogens with one attached hydrogen (secondary N) is 1. The average Bonchev–Trinajstić information content (AvgIpc) is 2.61. The summed E-state index contributed by atoms with van der Waals surface area (Å²) in [6.45, 7) is 2.15. The van der Waals surface area contributed by atoms with Crippen LogP contribution in [0.15, 0.2) is 48.5 Å². The van der Waals surface area contributed by atoms with Gasteiger partial charge in [-0.05, 0) is 42.2 Å². The van der Waals surface area contributed by atoms with Crippen LogP contribution in [0.3, 0.4) is 0 Å². The molecule has 1 amide bonds. The minimum absolute atomic E-state index is 0.221. The summed E-state index contributed by atoms with van der Waals surface area (Å²) >= 11 is 0. The van der Waals surface area contributed by atoms with Crippen molar-refractivity contribution < 1.29 is 19.4 Å². The van der Waals surface area contributed by atoms with Gasteiger partial charge in [-0.3, -0.25) is 9.59 Å². The van der Waals surface area contributed by atoms with Gasteiger partial charge < -0.3 is 15.2 Å². The van der Waals surface area contributed by atoms with Gasteiger partial charge in [0.05, 0.1) is 12.5 Å². The van der Waals surface area contributed by atoms with Gasteiger partial charge in [-0.2, -0.15) is 0 Å². The van der Waals surface area contributed by atoms with Crippen LogP contribution < -0.4 is 5.32 Å². The summed E-state index contributed by atoms with van der Waals surface area (Å²) in [4.78, 5) is 23.5. The number of benzene rings is 2. The van der Waals surface area contributed by atoms with Crippen molar-refractivity contribution >= 4 is 17.6 Å². The maximum Gasteiger partial charge on any atom is 0.310 e. The van der Waals surface area contributed by atoms with E-state index in [9.17, 15) is 9.59 Å². The Morgan fingerprint density at radius 1 is 1.17 bits per heavy atom. The zero-order valence-corrected chi connectivity index (χ0v) is 13.4. The number of fused-ring (bicyclic) bond motifs is 1. The van der Waals surface area contributed by atoms with E-state index in [0.29, 0.717) is 17.9 Å². The van der Waals surface area contributed by atoms with Crippen molar-refractivity contribution in [2.45, 2.75) is 25.4 Å². The fourth-order valence-corrected chi connectivity index (χ4v) is 2.82. The fourth-order valence-electron chi connectivity index (χ4n) is 2.82. The molecule has 0 aromatic heterocycles. The molecule has 0 bridgehead atoms. The molecule has 2 N–H and O–H groups in total. The SMILES string of the molecule is CC(C(=O)O)c1ccc(NC(=O)C2OCCc3ccccc32)cc1. The highest BCUT2D eigenvalue weighted by Gasteiger charge is 2.27. The molecule has 24 heavy (non-hydrogen) atoms. The van der Waals surface area contributed by atoms with Crippen molar-refractivity contribution in [1.29, 1.82) is 0 Å². The molecule has 0 fully saturated rings. The number of carboxylic acid groups (broad SMARTS) is 1. The molecule has 5 heteroatoms. The molecular weight excluding hydrogens is 306 g/mol. The molecule has 0 saturated heterocycles. The molecule has 3 rings (SSSR count). The van der Waals surface area contributed by atoms with E-state index in [4.69, 9.17) is 9.84 Å². The largest absolute Gasteiger partial charge is 0.481 e. The Morgan fingerprint density at radius 3 is 2.58 bits per heavy atom. The van der Waals surface area contributed by atoms with Crippen LogP contribution in [0.4, 0.5) is 5.69 Å². The predicted molar refractivity (Wildman–Crippen MR) is 90.0 cm³/mol. The summed E-state index contributed by atoms with van der Waals surface area (Å²) in [7, 11) is 0. The molecule has 0 spiro atoms. The third-order valence-corrected chi connectivity index (χ3v) is 4.28. The highest BCUT2D eigenvalue weighted by atomic mass is 16.5. The monoisotopic (exact) mass is 325 g/mol. The molecule has 0 saturated carbocycles. The summed E-state index contributed by atoms with van der Waals surface area (Å²) in [6.07, 6.45) is 0.189. The maximum atomic E-state index is 12.5. The maximum absolute atomic E-state index is 12.5. The minimum Gasteiger partial charge on any atom is -0.481 e. The highest BCUT2D eigenvalue weighted by Crippen LogP contribution is 2.28. The molecule has 0 radical (unpaired) electrons. The van der Waals surface area contributed by atoms with Gasteiger partial charge in [0.1, 0.15) is 0 Å². The van der Waals surface area contributed by atoms with Gasteiger partial charge in [0.25, 0.3) is 5.91 Å². The van der Waals surface area contributed by atoms with Gasteiger partial charge in [-0.15, -0.1) is 0 Å². The van der Waals surface area contributed by atoms with E-state index in [1.165, 1.54) is 0 Å². The van der Waals surface area contributed by atoms with E-state index in [1.54, 1.807) is 31.2 Å². The third kappa shape index (κ3) is 3.31. The molecule has 2 unspecified atom stereocenters. The van der Waals surface area contributed by atoms with Crippen molar-refractivity contribution in [3.8, 4) is 0 Å². The highest BCUT2D eigenvalue weighted by molar-refractivity contribution is 5.95. The van der Waals surface area contributed by atoms with Crippen molar-refractivity contribution in [3.63, 3.8) is 0 Å². The van der Waals surface area contributed by atoms with Gasteiger partial charge in [0.2, 0.25) is 0 Å². The van der Waals surface area contributed by atoms with Crippen LogP contribution in [0.25, 0.3) is 0 Å². The summed E-state index contributed by atoms with van der Waals surface area (Å²) in [5.74, 6) is -1.68. The number of carbonyl (C=O) groups is 2. The van der Waals surface area contributed by atoms with Gasteiger partial charge in [-0.25, -0.2) is 0 Å². The molecule has 1 heterocycles. The van der Waals surface area contributed by atoms with E-state index < -0.39 is 18.0 Å². The number of anilines is 1. The Morgan fingerprint density at radius 2 is 1.88 bits per heavy atom. The van der Waals surface area contributed by atoms with E-state index in [2.05, 4.69) is 5.32 Å². The Hall–Kier alpha value is -2.66. The molecular formula is C19H19NO4.